The van der Waals surface area contributed by atoms with E-state index in [1.807, 2.05) is 25.1 Å². The second kappa shape index (κ2) is 8.98. The van der Waals surface area contributed by atoms with Crippen LogP contribution in [-0.4, -0.2) is 30.9 Å². The maximum atomic E-state index is 9.60. The molecule has 1 unspecified atom stereocenters. The van der Waals surface area contributed by atoms with Crippen molar-refractivity contribution in [3.05, 3.63) is 36.3 Å². The van der Waals surface area contributed by atoms with Crippen LogP contribution in [0.25, 0.3) is 0 Å². The Labute approximate surface area is 102 Å². The smallest absolute Gasteiger partial charge is 0.129 e. The van der Waals surface area contributed by atoms with Crippen molar-refractivity contribution in [3.63, 3.8) is 0 Å². The summed E-state index contributed by atoms with van der Waals surface area (Å²) in [7, 11) is 0. The summed E-state index contributed by atoms with van der Waals surface area (Å²) in [6.07, 6.45) is 6.22. The third-order valence-electron chi connectivity index (χ3n) is 2.24. The van der Waals surface area contributed by atoms with Gasteiger partial charge in [0, 0.05) is 6.54 Å². The molecule has 0 bridgehead atoms. The number of furan rings is 1. The maximum absolute atomic E-state index is 9.60. The molecule has 1 rings (SSSR count). The predicted octanol–water partition coefficient (Wildman–Crippen LogP) is 1.71. The van der Waals surface area contributed by atoms with Gasteiger partial charge in [-0.1, -0.05) is 12.2 Å². The standard InChI is InChI=1S/C13H21NO3/c1-2-3-4-7-14-9-12(15)10-16-11-13-6-5-8-17-13/h2-3,5-6,8,12,14-15H,4,7,9-11H2,1H3/b3-2+. The van der Waals surface area contributed by atoms with Gasteiger partial charge in [-0.15, -0.1) is 0 Å². The molecule has 0 aliphatic heterocycles. The highest BCUT2D eigenvalue weighted by molar-refractivity contribution is 4.96. The number of ether oxygens (including phenoxy) is 1. The molecule has 17 heavy (non-hydrogen) atoms. The summed E-state index contributed by atoms with van der Waals surface area (Å²) in [5, 5.41) is 12.8. The monoisotopic (exact) mass is 239 g/mol. The van der Waals surface area contributed by atoms with Gasteiger partial charge in [0.15, 0.2) is 0 Å². The Balaban J connectivity index is 1.95. The van der Waals surface area contributed by atoms with Gasteiger partial charge in [-0.3, -0.25) is 0 Å². The van der Waals surface area contributed by atoms with Crippen LogP contribution in [-0.2, 0) is 11.3 Å². The fourth-order valence-corrected chi connectivity index (χ4v) is 1.37. The zero-order chi connectivity index (χ0) is 12.3. The van der Waals surface area contributed by atoms with Crippen molar-refractivity contribution in [3.8, 4) is 0 Å². The van der Waals surface area contributed by atoms with Gasteiger partial charge in [-0.2, -0.15) is 0 Å². The minimum Gasteiger partial charge on any atom is -0.467 e. The third kappa shape index (κ3) is 6.94. The molecule has 4 heteroatoms. The first-order valence-electron chi connectivity index (χ1n) is 5.93. The lowest BCUT2D eigenvalue weighted by Gasteiger charge is -2.11. The molecule has 1 aromatic rings. The van der Waals surface area contributed by atoms with Crippen LogP contribution in [0.4, 0.5) is 0 Å². The minimum atomic E-state index is -0.476. The van der Waals surface area contributed by atoms with Gasteiger partial charge in [0.05, 0.1) is 19.0 Å². The average molecular weight is 239 g/mol. The van der Waals surface area contributed by atoms with E-state index >= 15 is 0 Å². The largest absolute Gasteiger partial charge is 0.467 e. The van der Waals surface area contributed by atoms with Gasteiger partial charge in [0.25, 0.3) is 0 Å². The summed E-state index contributed by atoms with van der Waals surface area (Å²) in [4.78, 5) is 0. The number of rotatable bonds is 9. The Morgan fingerprint density at radius 1 is 1.59 bits per heavy atom. The fourth-order valence-electron chi connectivity index (χ4n) is 1.37. The van der Waals surface area contributed by atoms with E-state index in [0.29, 0.717) is 19.8 Å². The molecule has 0 aliphatic carbocycles. The first kappa shape index (κ1) is 14.0. The van der Waals surface area contributed by atoms with Gasteiger partial charge in [-0.25, -0.2) is 0 Å². The van der Waals surface area contributed by atoms with E-state index in [1.165, 1.54) is 0 Å². The molecule has 0 fully saturated rings. The molecule has 0 spiro atoms. The van der Waals surface area contributed by atoms with Crippen molar-refractivity contribution in [2.45, 2.75) is 26.1 Å². The van der Waals surface area contributed by atoms with Gasteiger partial charge in [0.2, 0.25) is 0 Å². The molecule has 0 saturated heterocycles. The van der Waals surface area contributed by atoms with Crippen LogP contribution < -0.4 is 5.32 Å². The molecule has 2 N–H and O–H groups in total. The number of hydrogen-bond acceptors (Lipinski definition) is 4. The summed E-state index contributed by atoms with van der Waals surface area (Å²) < 4.78 is 10.4. The Bertz CT molecular complexity index is 296. The molecule has 0 aliphatic rings. The van der Waals surface area contributed by atoms with E-state index < -0.39 is 6.10 Å². The Morgan fingerprint density at radius 3 is 3.18 bits per heavy atom. The normalized spacial score (nSPS) is 13.3. The molecule has 0 aromatic carbocycles. The molecule has 0 saturated carbocycles. The Hall–Kier alpha value is -1.10. The van der Waals surface area contributed by atoms with E-state index in [4.69, 9.17) is 9.15 Å². The van der Waals surface area contributed by atoms with Crippen molar-refractivity contribution in [1.29, 1.82) is 0 Å². The van der Waals surface area contributed by atoms with Crippen LogP contribution in [0.2, 0.25) is 0 Å². The zero-order valence-electron chi connectivity index (χ0n) is 10.3. The highest BCUT2D eigenvalue weighted by atomic mass is 16.5. The van der Waals surface area contributed by atoms with Gasteiger partial charge < -0.3 is 19.6 Å². The molecule has 1 aromatic heterocycles. The molecule has 0 amide bonds. The van der Waals surface area contributed by atoms with Gasteiger partial charge >= 0.3 is 0 Å². The fraction of sp³-hybridized carbons (Fsp3) is 0.538. The summed E-state index contributed by atoms with van der Waals surface area (Å²) in [5.74, 6) is 0.776. The lowest BCUT2D eigenvalue weighted by molar-refractivity contribution is 0.0228. The van der Waals surface area contributed by atoms with E-state index in [2.05, 4.69) is 11.4 Å². The second-order valence-corrected chi connectivity index (χ2v) is 3.81. The van der Waals surface area contributed by atoms with Crippen LogP contribution in [0.15, 0.2) is 35.0 Å². The van der Waals surface area contributed by atoms with E-state index in [9.17, 15) is 5.11 Å². The van der Waals surface area contributed by atoms with E-state index in [1.54, 1.807) is 6.26 Å². The first-order valence-corrected chi connectivity index (χ1v) is 5.93. The zero-order valence-corrected chi connectivity index (χ0v) is 10.3. The summed E-state index contributed by atoms with van der Waals surface area (Å²) in [6, 6.07) is 3.67. The highest BCUT2D eigenvalue weighted by Gasteiger charge is 2.04. The average Bonchev–Trinajstić information content (AvgIpc) is 2.82. The lowest BCUT2D eigenvalue weighted by atomic mass is 10.3. The second-order valence-electron chi connectivity index (χ2n) is 3.81. The Kier molecular flexibility index (Phi) is 7.38. The molecule has 1 heterocycles. The minimum absolute atomic E-state index is 0.317. The number of aliphatic hydroxyl groups is 1. The molecule has 1 atom stereocenters. The molecule has 96 valence electrons. The van der Waals surface area contributed by atoms with Crippen molar-refractivity contribution in [2.24, 2.45) is 0 Å². The maximum Gasteiger partial charge on any atom is 0.129 e. The van der Waals surface area contributed by atoms with Crippen LogP contribution in [0.1, 0.15) is 19.1 Å². The van der Waals surface area contributed by atoms with Crippen LogP contribution in [0, 0.1) is 0 Å². The molecule has 4 nitrogen and oxygen atoms in total. The van der Waals surface area contributed by atoms with Crippen LogP contribution >= 0.6 is 0 Å². The highest BCUT2D eigenvalue weighted by Crippen LogP contribution is 2.01. The van der Waals surface area contributed by atoms with Crippen LogP contribution in [0.3, 0.4) is 0 Å². The topological polar surface area (TPSA) is 54.6 Å². The molecular formula is C13H21NO3. The number of allylic oxidation sites excluding steroid dienone is 1. The van der Waals surface area contributed by atoms with E-state index in [-0.39, 0.29) is 0 Å². The van der Waals surface area contributed by atoms with Crippen molar-refractivity contribution in [2.75, 3.05) is 19.7 Å². The number of aliphatic hydroxyl groups excluding tert-OH is 1. The lowest BCUT2D eigenvalue weighted by Crippen LogP contribution is -2.30. The van der Waals surface area contributed by atoms with Crippen molar-refractivity contribution < 1.29 is 14.3 Å². The quantitative estimate of drug-likeness (QED) is 0.509. The number of hydrogen-bond donors (Lipinski definition) is 2. The number of nitrogens with one attached hydrogen (secondary N) is 1. The van der Waals surface area contributed by atoms with Crippen LogP contribution in [0.5, 0.6) is 0 Å². The predicted molar refractivity (Wildman–Crippen MR) is 66.7 cm³/mol. The van der Waals surface area contributed by atoms with Gasteiger partial charge in [0.1, 0.15) is 12.4 Å². The Morgan fingerprint density at radius 2 is 2.47 bits per heavy atom. The summed E-state index contributed by atoms with van der Waals surface area (Å²) >= 11 is 0. The molecule has 0 radical (unpaired) electrons. The van der Waals surface area contributed by atoms with Crippen molar-refractivity contribution >= 4 is 0 Å². The first-order chi connectivity index (χ1) is 8.33. The summed E-state index contributed by atoms with van der Waals surface area (Å²) in [6.45, 7) is 4.15. The summed E-state index contributed by atoms with van der Waals surface area (Å²) in [5.41, 5.74) is 0. The van der Waals surface area contributed by atoms with E-state index in [0.717, 1.165) is 18.7 Å². The van der Waals surface area contributed by atoms with Crippen molar-refractivity contribution in [1.82, 2.24) is 5.32 Å². The SMILES string of the molecule is C/C=C/CCNCC(O)COCc1ccco1. The van der Waals surface area contributed by atoms with Gasteiger partial charge in [-0.05, 0) is 32.0 Å². The molecular weight excluding hydrogens is 218 g/mol. The third-order valence-corrected chi connectivity index (χ3v) is 2.24.